The molecule has 2 aromatic rings. The van der Waals surface area contributed by atoms with Crippen LogP contribution >= 0.6 is 51.1 Å². The predicted octanol–water partition coefficient (Wildman–Crippen LogP) is 7.27. The van der Waals surface area contributed by atoms with Gasteiger partial charge in [-0.05, 0) is 67.6 Å². The van der Waals surface area contributed by atoms with Gasteiger partial charge in [0.1, 0.15) is 9.93 Å². The van der Waals surface area contributed by atoms with Crippen LogP contribution in [0.2, 0.25) is 5.02 Å². The number of benzene rings is 2. The molecule has 0 N–H and O–H groups in total. The Kier molecular flexibility index (Phi) is 6.82. The summed E-state index contributed by atoms with van der Waals surface area (Å²) >= 11 is 12.8. The van der Waals surface area contributed by atoms with Crippen LogP contribution in [0.4, 0.5) is 11.4 Å². The van der Waals surface area contributed by atoms with E-state index in [2.05, 4.69) is 34.7 Å². The molecule has 0 aromatic heterocycles. The van der Waals surface area contributed by atoms with Gasteiger partial charge in [-0.2, -0.15) is 0 Å². The molecule has 8 heteroatoms. The van der Waals surface area contributed by atoms with Crippen LogP contribution in [0.1, 0.15) is 26.7 Å². The molecule has 0 bridgehead atoms. The summed E-state index contributed by atoms with van der Waals surface area (Å²) in [5, 5.41) is 2.41. The van der Waals surface area contributed by atoms with Crippen LogP contribution in [0.5, 0.6) is 0 Å². The van der Waals surface area contributed by atoms with E-state index in [0.29, 0.717) is 11.6 Å². The highest BCUT2D eigenvalue weighted by atomic mass is 79.9. The second-order valence-corrected chi connectivity index (χ2v) is 10.2. The maximum atomic E-state index is 13.4. The second-order valence-electron chi connectivity index (χ2n) is 6.88. The SMILES string of the molecule is CCCCN1C(=O)C(=C2Sc3ccc(Cl)cc3N2CC)SC1=Nc1ccc(Br)cc1. The molecule has 4 nitrogen and oxygen atoms in total. The number of anilines is 1. The number of amidine groups is 1. The first-order chi connectivity index (χ1) is 14.5. The number of hydrogen-bond donors (Lipinski definition) is 0. The molecular formula is C22H21BrClN3OS2. The Labute approximate surface area is 198 Å². The van der Waals surface area contributed by atoms with Crippen molar-refractivity contribution in [1.29, 1.82) is 0 Å². The van der Waals surface area contributed by atoms with E-state index in [4.69, 9.17) is 16.6 Å². The molecule has 2 aliphatic rings. The number of amides is 1. The lowest BCUT2D eigenvalue weighted by molar-refractivity contribution is -0.122. The number of rotatable bonds is 5. The van der Waals surface area contributed by atoms with Crippen molar-refractivity contribution in [3.05, 3.63) is 61.9 Å². The molecule has 0 radical (unpaired) electrons. The summed E-state index contributed by atoms with van der Waals surface area (Å²) in [6.45, 7) is 5.66. The molecule has 1 saturated heterocycles. The van der Waals surface area contributed by atoms with E-state index in [1.54, 1.807) is 11.8 Å². The highest BCUT2D eigenvalue weighted by Gasteiger charge is 2.39. The lowest BCUT2D eigenvalue weighted by atomic mass is 10.3. The molecule has 0 unspecified atom stereocenters. The van der Waals surface area contributed by atoms with Crippen molar-refractivity contribution in [2.75, 3.05) is 18.0 Å². The van der Waals surface area contributed by atoms with Crippen molar-refractivity contribution < 1.29 is 4.79 Å². The first-order valence-electron chi connectivity index (χ1n) is 9.85. The molecule has 2 aromatic carbocycles. The molecular weight excluding hydrogens is 502 g/mol. The molecule has 1 fully saturated rings. The van der Waals surface area contributed by atoms with Gasteiger partial charge in [0, 0.05) is 27.5 Å². The van der Waals surface area contributed by atoms with Gasteiger partial charge in [-0.25, -0.2) is 4.99 Å². The third kappa shape index (κ3) is 4.31. The first-order valence-corrected chi connectivity index (χ1v) is 12.7. The lowest BCUT2D eigenvalue weighted by Crippen LogP contribution is -2.30. The van der Waals surface area contributed by atoms with Crippen molar-refractivity contribution in [1.82, 2.24) is 4.90 Å². The molecule has 2 heterocycles. The van der Waals surface area contributed by atoms with Gasteiger partial charge < -0.3 is 4.90 Å². The average Bonchev–Trinajstić information content (AvgIpc) is 3.24. The van der Waals surface area contributed by atoms with Gasteiger partial charge >= 0.3 is 0 Å². The van der Waals surface area contributed by atoms with Gasteiger partial charge in [-0.1, -0.05) is 52.6 Å². The van der Waals surface area contributed by atoms with E-state index < -0.39 is 0 Å². The number of unbranched alkanes of at least 4 members (excludes halogenated alkanes) is 1. The monoisotopic (exact) mass is 521 g/mol. The van der Waals surface area contributed by atoms with Crippen molar-refractivity contribution in [2.24, 2.45) is 4.99 Å². The Hall–Kier alpha value is -1.41. The zero-order valence-corrected chi connectivity index (χ0v) is 20.7. The largest absolute Gasteiger partial charge is 0.334 e. The van der Waals surface area contributed by atoms with E-state index in [1.807, 2.05) is 47.4 Å². The Morgan fingerprint density at radius 2 is 1.83 bits per heavy atom. The second kappa shape index (κ2) is 9.39. The zero-order chi connectivity index (χ0) is 21.3. The average molecular weight is 523 g/mol. The van der Waals surface area contributed by atoms with Crippen LogP contribution in [-0.4, -0.2) is 29.1 Å². The standard InChI is InChI=1S/C22H21BrClN3OS2/c1-3-5-12-27-20(28)19(30-22(27)25-16-9-6-14(23)7-10-16)21-26(4-2)17-13-15(24)8-11-18(17)29-21/h6-11,13H,3-5,12H2,1-2H3. The van der Waals surface area contributed by atoms with Crippen molar-refractivity contribution in [3.8, 4) is 0 Å². The predicted molar refractivity (Wildman–Crippen MR) is 133 cm³/mol. The maximum Gasteiger partial charge on any atom is 0.269 e. The number of hydrogen-bond acceptors (Lipinski definition) is 5. The Bertz CT molecular complexity index is 1040. The zero-order valence-electron chi connectivity index (χ0n) is 16.7. The topological polar surface area (TPSA) is 35.9 Å². The molecule has 0 aliphatic carbocycles. The minimum Gasteiger partial charge on any atom is -0.334 e. The number of carbonyl (C=O) groups excluding carboxylic acids is 1. The summed E-state index contributed by atoms with van der Waals surface area (Å²) in [4.78, 5) is 24.1. The summed E-state index contributed by atoms with van der Waals surface area (Å²) in [6.07, 6.45) is 1.96. The van der Waals surface area contributed by atoms with E-state index >= 15 is 0 Å². The molecule has 1 amide bonds. The van der Waals surface area contributed by atoms with E-state index in [9.17, 15) is 4.79 Å². The smallest absolute Gasteiger partial charge is 0.269 e. The summed E-state index contributed by atoms with van der Waals surface area (Å²) in [7, 11) is 0. The summed E-state index contributed by atoms with van der Waals surface area (Å²) in [5.74, 6) is 0.0316. The van der Waals surface area contributed by atoms with Crippen LogP contribution in [0.15, 0.2) is 66.8 Å². The maximum absolute atomic E-state index is 13.4. The summed E-state index contributed by atoms with van der Waals surface area (Å²) in [5.41, 5.74) is 1.90. The summed E-state index contributed by atoms with van der Waals surface area (Å²) < 4.78 is 1.00. The van der Waals surface area contributed by atoms with Crippen LogP contribution in [0, 0.1) is 0 Å². The first kappa shape index (κ1) is 21.8. The number of carbonyl (C=O) groups is 1. The van der Waals surface area contributed by atoms with Crippen molar-refractivity contribution in [2.45, 2.75) is 31.6 Å². The number of halogens is 2. The fourth-order valence-electron chi connectivity index (χ4n) is 3.30. The normalized spacial score (nSPS) is 19.9. The Morgan fingerprint density at radius 1 is 1.07 bits per heavy atom. The molecule has 30 heavy (non-hydrogen) atoms. The quantitative estimate of drug-likeness (QED) is 0.387. The fourth-order valence-corrected chi connectivity index (χ4v) is 6.13. The number of fused-ring (bicyclic) bond motifs is 1. The molecule has 156 valence electrons. The minimum absolute atomic E-state index is 0.0316. The van der Waals surface area contributed by atoms with E-state index in [1.165, 1.54) is 11.8 Å². The third-order valence-corrected chi connectivity index (χ3v) is 7.97. The minimum atomic E-state index is 0.0316. The highest BCUT2D eigenvalue weighted by Crippen LogP contribution is 2.51. The van der Waals surface area contributed by atoms with Crippen molar-refractivity contribution >= 4 is 73.5 Å². The highest BCUT2D eigenvalue weighted by molar-refractivity contribution is 9.10. The number of nitrogens with zero attached hydrogens (tertiary/aromatic N) is 3. The summed E-state index contributed by atoms with van der Waals surface area (Å²) in [6, 6.07) is 13.7. The molecule has 0 spiro atoms. The van der Waals surface area contributed by atoms with Gasteiger partial charge in [0.05, 0.1) is 11.4 Å². The fraction of sp³-hybridized carbons (Fsp3) is 0.273. The van der Waals surface area contributed by atoms with Crippen LogP contribution in [0.3, 0.4) is 0 Å². The van der Waals surface area contributed by atoms with Gasteiger partial charge in [0.25, 0.3) is 5.91 Å². The number of aliphatic imine (C=N–C) groups is 1. The Balaban J connectivity index is 1.74. The van der Waals surface area contributed by atoms with Gasteiger partial charge in [-0.15, -0.1) is 0 Å². The lowest BCUT2D eigenvalue weighted by Gasteiger charge is -2.19. The molecule has 4 rings (SSSR count). The Morgan fingerprint density at radius 3 is 2.53 bits per heavy atom. The van der Waals surface area contributed by atoms with Crippen LogP contribution < -0.4 is 4.90 Å². The van der Waals surface area contributed by atoms with Crippen LogP contribution in [-0.2, 0) is 4.79 Å². The molecule has 0 atom stereocenters. The van der Waals surface area contributed by atoms with Gasteiger partial charge in [0.2, 0.25) is 0 Å². The van der Waals surface area contributed by atoms with E-state index in [0.717, 1.165) is 55.2 Å². The molecule has 2 aliphatic heterocycles. The van der Waals surface area contributed by atoms with Crippen LogP contribution in [0.25, 0.3) is 0 Å². The molecule has 0 saturated carbocycles. The van der Waals surface area contributed by atoms with Crippen molar-refractivity contribution in [3.63, 3.8) is 0 Å². The number of thioether (sulfide) groups is 2. The van der Waals surface area contributed by atoms with Gasteiger partial charge in [0.15, 0.2) is 5.17 Å². The van der Waals surface area contributed by atoms with Gasteiger partial charge in [-0.3, -0.25) is 9.69 Å². The third-order valence-electron chi connectivity index (χ3n) is 4.82. The van der Waals surface area contributed by atoms with E-state index in [-0.39, 0.29) is 5.91 Å².